The Hall–Kier alpha value is -2.01. The largest absolute Gasteiger partial charge is 0.512 e. The van der Waals surface area contributed by atoms with Crippen molar-refractivity contribution in [3.8, 4) is 5.75 Å². The normalized spacial score (nSPS) is 22.2. The summed E-state index contributed by atoms with van der Waals surface area (Å²) in [5.41, 5.74) is 2.65. The van der Waals surface area contributed by atoms with Crippen LogP contribution in [0.2, 0.25) is 0 Å². The smallest absolute Gasteiger partial charge is 0.336 e. The van der Waals surface area contributed by atoms with E-state index in [0.29, 0.717) is 19.5 Å². The van der Waals surface area contributed by atoms with E-state index in [4.69, 9.17) is 4.74 Å². The first kappa shape index (κ1) is 13.9. The summed E-state index contributed by atoms with van der Waals surface area (Å²) in [7, 11) is 1.65. The minimum Gasteiger partial charge on any atom is -0.512 e. The first-order valence-electron chi connectivity index (χ1n) is 7.15. The molecule has 3 rings (SSSR count). The van der Waals surface area contributed by atoms with Crippen LogP contribution in [0.1, 0.15) is 30.0 Å². The van der Waals surface area contributed by atoms with E-state index in [2.05, 4.69) is 11.0 Å². The van der Waals surface area contributed by atoms with Crippen molar-refractivity contribution in [1.82, 2.24) is 4.90 Å². The number of hydrogen-bond acceptors (Lipinski definition) is 4. The van der Waals surface area contributed by atoms with Gasteiger partial charge in [0.25, 0.3) is 0 Å². The molecule has 0 spiro atoms. The molecule has 1 unspecified atom stereocenters. The van der Waals surface area contributed by atoms with Crippen LogP contribution in [0.25, 0.3) is 0 Å². The van der Waals surface area contributed by atoms with Gasteiger partial charge in [-0.3, -0.25) is 4.90 Å². The number of carbonyl (C=O) groups is 1. The number of aliphatic carboxylic acids is 1. The Morgan fingerprint density at radius 3 is 2.90 bits per heavy atom. The summed E-state index contributed by atoms with van der Waals surface area (Å²) in [6, 6.07) is 6.30. The lowest BCUT2D eigenvalue weighted by molar-refractivity contribution is -0.133. The van der Waals surface area contributed by atoms with Gasteiger partial charge in [-0.1, -0.05) is 6.07 Å². The summed E-state index contributed by atoms with van der Waals surface area (Å²) < 4.78 is 5.29. The van der Waals surface area contributed by atoms with E-state index in [1.54, 1.807) is 7.11 Å². The van der Waals surface area contributed by atoms with Crippen molar-refractivity contribution in [3.63, 3.8) is 0 Å². The molecular weight excluding hydrogens is 270 g/mol. The summed E-state index contributed by atoms with van der Waals surface area (Å²) >= 11 is 0. The van der Waals surface area contributed by atoms with Crippen molar-refractivity contribution in [2.24, 2.45) is 0 Å². The first-order chi connectivity index (χ1) is 10.1. The molecule has 1 atom stereocenters. The second-order valence-electron chi connectivity index (χ2n) is 5.57. The monoisotopic (exact) mass is 289 g/mol. The molecule has 1 aliphatic heterocycles. The molecule has 21 heavy (non-hydrogen) atoms. The fraction of sp³-hybridized carbons (Fsp3) is 0.438. The van der Waals surface area contributed by atoms with E-state index in [1.807, 2.05) is 12.1 Å². The Labute approximate surface area is 123 Å². The molecule has 1 aliphatic carbocycles. The molecular formula is C16H19NO4. The number of fused-ring (bicyclic) bond motifs is 1. The number of carboxylic acid groups (broad SMARTS) is 1. The quantitative estimate of drug-likeness (QED) is 0.893. The maximum absolute atomic E-state index is 11.2. The minimum absolute atomic E-state index is 0.0163. The number of methoxy groups -OCH3 is 1. The number of rotatable bonds is 3. The zero-order valence-corrected chi connectivity index (χ0v) is 12.0. The van der Waals surface area contributed by atoms with Gasteiger partial charge >= 0.3 is 5.97 Å². The predicted octanol–water partition coefficient (Wildman–Crippen LogP) is 2.28. The molecule has 0 amide bonds. The predicted molar refractivity (Wildman–Crippen MR) is 77.5 cm³/mol. The molecule has 0 saturated heterocycles. The van der Waals surface area contributed by atoms with E-state index in [-0.39, 0.29) is 17.4 Å². The van der Waals surface area contributed by atoms with Crippen molar-refractivity contribution in [1.29, 1.82) is 0 Å². The highest BCUT2D eigenvalue weighted by molar-refractivity contribution is 5.87. The fourth-order valence-electron chi connectivity index (χ4n) is 3.30. The lowest BCUT2D eigenvalue weighted by Crippen LogP contribution is -2.36. The van der Waals surface area contributed by atoms with E-state index in [0.717, 1.165) is 18.6 Å². The molecule has 0 aromatic heterocycles. The topological polar surface area (TPSA) is 70.0 Å². The van der Waals surface area contributed by atoms with Crippen LogP contribution in [-0.2, 0) is 11.2 Å². The Morgan fingerprint density at radius 1 is 1.38 bits per heavy atom. The zero-order chi connectivity index (χ0) is 15.0. The van der Waals surface area contributed by atoms with Gasteiger partial charge in [0.15, 0.2) is 0 Å². The Balaban J connectivity index is 1.86. The van der Waals surface area contributed by atoms with Crippen molar-refractivity contribution in [3.05, 3.63) is 40.7 Å². The lowest BCUT2D eigenvalue weighted by Gasteiger charge is -2.33. The number of aryl methyl sites for hydroxylation is 1. The van der Waals surface area contributed by atoms with Crippen LogP contribution in [0.4, 0.5) is 0 Å². The van der Waals surface area contributed by atoms with E-state index in [9.17, 15) is 15.0 Å². The molecule has 5 nitrogen and oxygen atoms in total. The molecule has 2 N–H and O–H groups in total. The van der Waals surface area contributed by atoms with E-state index >= 15 is 0 Å². The summed E-state index contributed by atoms with van der Waals surface area (Å²) in [4.78, 5) is 13.4. The van der Waals surface area contributed by atoms with Gasteiger partial charge in [0.2, 0.25) is 0 Å². The van der Waals surface area contributed by atoms with Gasteiger partial charge < -0.3 is 14.9 Å². The summed E-state index contributed by atoms with van der Waals surface area (Å²) in [6.45, 7) is 0.979. The van der Waals surface area contributed by atoms with Crippen LogP contribution in [-0.4, -0.2) is 41.3 Å². The average molecular weight is 289 g/mol. The molecule has 0 saturated carbocycles. The number of hydrogen-bond donors (Lipinski definition) is 2. The average Bonchev–Trinajstić information content (AvgIpc) is 2.90. The van der Waals surface area contributed by atoms with Gasteiger partial charge in [-0.2, -0.15) is 0 Å². The summed E-state index contributed by atoms with van der Waals surface area (Å²) in [5.74, 6) is -0.182. The van der Waals surface area contributed by atoms with Crippen molar-refractivity contribution in [2.45, 2.75) is 25.3 Å². The van der Waals surface area contributed by atoms with Gasteiger partial charge in [-0.05, 0) is 36.1 Å². The second kappa shape index (κ2) is 5.41. The summed E-state index contributed by atoms with van der Waals surface area (Å²) in [6.07, 6.45) is 2.38. The third kappa shape index (κ3) is 2.49. The molecule has 0 radical (unpaired) electrons. The highest BCUT2D eigenvalue weighted by Gasteiger charge is 2.33. The van der Waals surface area contributed by atoms with Gasteiger partial charge in [0.05, 0.1) is 12.7 Å². The van der Waals surface area contributed by atoms with Gasteiger partial charge in [-0.15, -0.1) is 0 Å². The third-order valence-electron chi connectivity index (χ3n) is 4.44. The molecule has 5 heteroatoms. The highest BCUT2D eigenvalue weighted by atomic mass is 16.5. The van der Waals surface area contributed by atoms with Gasteiger partial charge in [0, 0.05) is 25.6 Å². The molecule has 112 valence electrons. The molecule has 1 aromatic rings. The van der Waals surface area contributed by atoms with Crippen molar-refractivity contribution >= 4 is 5.97 Å². The Kier molecular flexibility index (Phi) is 3.59. The molecule has 1 heterocycles. The zero-order valence-electron chi connectivity index (χ0n) is 12.0. The maximum atomic E-state index is 11.2. The number of ether oxygens (including phenoxy) is 1. The maximum Gasteiger partial charge on any atom is 0.336 e. The van der Waals surface area contributed by atoms with Gasteiger partial charge in [0.1, 0.15) is 11.5 Å². The number of carboxylic acids is 1. The van der Waals surface area contributed by atoms with Crippen LogP contribution in [0, 0.1) is 0 Å². The van der Waals surface area contributed by atoms with E-state index < -0.39 is 5.97 Å². The molecule has 1 aromatic carbocycles. The van der Waals surface area contributed by atoms with E-state index in [1.165, 1.54) is 11.1 Å². The fourth-order valence-corrected chi connectivity index (χ4v) is 3.30. The number of aliphatic hydroxyl groups is 1. The number of aliphatic hydroxyl groups excluding tert-OH is 1. The Bertz CT molecular complexity index is 608. The lowest BCUT2D eigenvalue weighted by atomic mass is 10.0. The Morgan fingerprint density at radius 2 is 2.19 bits per heavy atom. The standard InChI is InChI=1S/C16H19NO4/c1-21-11-4-2-10-3-5-14(12(10)8-11)17-7-6-15(18)13(9-17)16(19)20/h2,4,8,14,18H,3,5-7,9H2,1H3,(H,19,20). The van der Waals surface area contributed by atoms with Crippen LogP contribution in [0.3, 0.4) is 0 Å². The van der Waals surface area contributed by atoms with Gasteiger partial charge in [-0.25, -0.2) is 4.79 Å². The molecule has 0 bridgehead atoms. The first-order valence-corrected chi connectivity index (χ1v) is 7.15. The van der Waals surface area contributed by atoms with Crippen LogP contribution in [0.5, 0.6) is 5.75 Å². The minimum atomic E-state index is -1.03. The van der Waals surface area contributed by atoms with Crippen LogP contribution < -0.4 is 4.74 Å². The summed E-state index contributed by atoms with van der Waals surface area (Å²) in [5, 5.41) is 18.9. The number of benzene rings is 1. The molecule has 2 aliphatic rings. The van der Waals surface area contributed by atoms with Crippen molar-refractivity contribution in [2.75, 3.05) is 20.2 Å². The van der Waals surface area contributed by atoms with Crippen molar-refractivity contribution < 1.29 is 19.7 Å². The second-order valence-corrected chi connectivity index (χ2v) is 5.57. The molecule has 0 fully saturated rings. The number of nitrogens with zero attached hydrogens (tertiary/aromatic N) is 1. The van der Waals surface area contributed by atoms with Crippen LogP contribution in [0.15, 0.2) is 29.5 Å². The third-order valence-corrected chi connectivity index (χ3v) is 4.44. The SMILES string of the molecule is COc1ccc2c(c1)C(N1CCC(O)=C(C(=O)O)C1)CC2. The highest BCUT2D eigenvalue weighted by Crippen LogP contribution is 2.39. The van der Waals surface area contributed by atoms with Crippen LogP contribution >= 0.6 is 0 Å².